The largest absolute Gasteiger partial charge is 0.339 e. The third-order valence-electron chi connectivity index (χ3n) is 3.90. The van der Waals surface area contributed by atoms with Gasteiger partial charge in [0.05, 0.1) is 5.03 Å². The van der Waals surface area contributed by atoms with E-state index in [1.807, 2.05) is 24.0 Å². The van der Waals surface area contributed by atoms with E-state index in [0.717, 1.165) is 41.1 Å². The maximum atomic E-state index is 12.5. The second-order valence-electron chi connectivity index (χ2n) is 5.84. The molecule has 0 radical (unpaired) electrons. The molecule has 0 spiro atoms. The molecule has 0 bridgehead atoms. The van der Waals surface area contributed by atoms with Crippen LogP contribution in [0.4, 0.5) is 5.82 Å². The molecule has 5 nitrogen and oxygen atoms in total. The Kier molecular flexibility index (Phi) is 5.75. The second-order valence-corrected chi connectivity index (χ2v) is 7.73. The summed E-state index contributed by atoms with van der Waals surface area (Å²) in [5.74, 6) is 0.668. The van der Waals surface area contributed by atoms with Gasteiger partial charge in [-0.15, -0.1) is 0 Å². The van der Waals surface area contributed by atoms with Crippen LogP contribution in [0.1, 0.15) is 28.8 Å². The number of thioether (sulfide) groups is 1. The van der Waals surface area contributed by atoms with Gasteiger partial charge in [0.25, 0.3) is 5.91 Å². The highest BCUT2D eigenvalue weighted by atomic mass is 79.9. The number of hydrogen-bond acceptors (Lipinski definition) is 5. The number of pyridine rings is 2. The monoisotopic (exact) mass is 418 g/mol. The fraction of sp³-hybridized carbons (Fsp3) is 0.278. The van der Waals surface area contributed by atoms with Gasteiger partial charge < -0.3 is 10.2 Å². The first-order valence-electron chi connectivity index (χ1n) is 8.05. The topological polar surface area (TPSA) is 58.1 Å². The van der Waals surface area contributed by atoms with Crippen LogP contribution in [0.25, 0.3) is 0 Å². The Morgan fingerprint density at radius 1 is 1.32 bits per heavy atom. The Morgan fingerprint density at radius 2 is 2.08 bits per heavy atom. The zero-order valence-electron chi connectivity index (χ0n) is 14.0. The maximum Gasteiger partial charge on any atom is 0.254 e. The Labute approximate surface area is 160 Å². The van der Waals surface area contributed by atoms with Crippen LogP contribution in [-0.4, -0.2) is 33.9 Å². The first-order chi connectivity index (χ1) is 12.0. The summed E-state index contributed by atoms with van der Waals surface area (Å²) in [4.78, 5) is 23.1. The zero-order valence-corrected chi connectivity index (χ0v) is 16.4. The molecule has 1 aliphatic heterocycles. The number of nitrogens with zero attached hydrogens (tertiary/aromatic N) is 3. The van der Waals surface area contributed by atoms with E-state index in [1.165, 1.54) is 11.8 Å². The van der Waals surface area contributed by atoms with Gasteiger partial charge in [-0.1, -0.05) is 24.4 Å². The lowest BCUT2D eigenvalue weighted by molar-refractivity contribution is 0.0793. The molecule has 1 N–H and O–H groups in total. The molecule has 2 aromatic heterocycles. The lowest BCUT2D eigenvalue weighted by atomic mass is 10.2. The molecule has 0 aliphatic carbocycles. The SMILES string of the molecule is C=C(Nc1cc(C(=O)N2CCCC2)ccn1)Sc1nc(Br)ccc1C. The minimum Gasteiger partial charge on any atom is -0.339 e. The van der Waals surface area contributed by atoms with Crippen molar-refractivity contribution in [1.29, 1.82) is 0 Å². The van der Waals surface area contributed by atoms with Gasteiger partial charge in [-0.05, 0) is 59.5 Å². The summed E-state index contributed by atoms with van der Waals surface area (Å²) in [6.45, 7) is 7.70. The Balaban J connectivity index is 1.68. The van der Waals surface area contributed by atoms with E-state index in [-0.39, 0.29) is 5.91 Å². The number of hydrogen-bond donors (Lipinski definition) is 1. The van der Waals surface area contributed by atoms with Crippen LogP contribution in [-0.2, 0) is 0 Å². The number of likely N-dealkylation sites (tertiary alicyclic amines) is 1. The van der Waals surface area contributed by atoms with Gasteiger partial charge in [-0.25, -0.2) is 9.97 Å². The van der Waals surface area contributed by atoms with Crippen LogP contribution in [0.2, 0.25) is 0 Å². The smallest absolute Gasteiger partial charge is 0.254 e. The number of carbonyl (C=O) groups excluding carboxylic acids is 1. The maximum absolute atomic E-state index is 12.5. The summed E-state index contributed by atoms with van der Waals surface area (Å²) in [5, 5.41) is 4.73. The van der Waals surface area contributed by atoms with E-state index < -0.39 is 0 Å². The minimum atomic E-state index is 0.0608. The van der Waals surface area contributed by atoms with Crippen molar-refractivity contribution < 1.29 is 4.79 Å². The number of anilines is 1. The van der Waals surface area contributed by atoms with Crippen molar-refractivity contribution in [2.24, 2.45) is 0 Å². The van der Waals surface area contributed by atoms with Gasteiger partial charge in [0, 0.05) is 24.8 Å². The number of rotatable bonds is 5. The lowest BCUT2D eigenvalue weighted by Crippen LogP contribution is -2.27. The molecule has 1 amide bonds. The van der Waals surface area contributed by atoms with Crippen LogP contribution in [0.5, 0.6) is 0 Å². The Morgan fingerprint density at radius 3 is 2.84 bits per heavy atom. The third kappa shape index (κ3) is 4.61. The number of halogens is 1. The molecule has 0 saturated carbocycles. The molecule has 25 heavy (non-hydrogen) atoms. The van der Waals surface area contributed by atoms with Crippen LogP contribution in [0.15, 0.2) is 51.7 Å². The summed E-state index contributed by atoms with van der Waals surface area (Å²) >= 11 is 4.82. The number of aryl methyl sites for hydroxylation is 1. The summed E-state index contributed by atoms with van der Waals surface area (Å²) in [6, 6.07) is 7.43. The molecule has 0 aromatic carbocycles. The van der Waals surface area contributed by atoms with Gasteiger partial charge in [0.15, 0.2) is 0 Å². The average molecular weight is 419 g/mol. The van der Waals surface area contributed by atoms with Crippen LogP contribution in [0, 0.1) is 6.92 Å². The fourth-order valence-electron chi connectivity index (χ4n) is 2.61. The standard InChI is InChI=1S/C18H19BrN4OS/c1-12-5-6-15(19)22-17(12)25-13(2)21-16-11-14(7-8-20-16)18(24)23-9-3-4-10-23/h5-8,11H,2-4,9-10H2,1H3,(H,20,21). The van der Waals surface area contributed by atoms with Crippen molar-refractivity contribution in [3.63, 3.8) is 0 Å². The number of amides is 1. The normalized spacial score (nSPS) is 13.8. The van der Waals surface area contributed by atoms with Gasteiger partial charge >= 0.3 is 0 Å². The van der Waals surface area contributed by atoms with E-state index in [0.29, 0.717) is 16.4 Å². The van der Waals surface area contributed by atoms with Gasteiger partial charge in [-0.3, -0.25) is 4.79 Å². The van der Waals surface area contributed by atoms with Crippen molar-refractivity contribution in [1.82, 2.24) is 14.9 Å². The van der Waals surface area contributed by atoms with Crippen LogP contribution < -0.4 is 5.32 Å². The molecular formula is C18H19BrN4OS. The van der Waals surface area contributed by atoms with Crippen molar-refractivity contribution in [3.05, 3.63) is 57.8 Å². The molecule has 1 aliphatic rings. The summed E-state index contributed by atoms with van der Waals surface area (Å²) < 4.78 is 0.782. The second kappa shape index (κ2) is 8.01. The molecule has 3 rings (SSSR count). The highest BCUT2D eigenvalue weighted by molar-refractivity contribution is 9.10. The molecule has 7 heteroatoms. The van der Waals surface area contributed by atoms with E-state index in [9.17, 15) is 4.79 Å². The highest BCUT2D eigenvalue weighted by Gasteiger charge is 2.19. The molecule has 0 atom stereocenters. The van der Waals surface area contributed by atoms with Crippen LogP contribution in [0.3, 0.4) is 0 Å². The Hall–Kier alpha value is -1.86. The van der Waals surface area contributed by atoms with Crippen LogP contribution >= 0.6 is 27.7 Å². The van der Waals surface area contributed by atoms with E-state index in [1.54, 1.807) is 18.3 Å². The molecule has 1 saturated heterocycles. The van der Waals surface area contributed by atoms with Gasteiger partial charge in [0.1, 0.15) is 15.4 Å². The fourth-order valence-corrected chi connectivity index (χ4v) is 3.80. The predicted octanol–water partition coefficient (Wildman–Crippen LogP) is 4.46. The number of aromatic nitrogens is 2. The highest BCUT2D eigenvalue weighted by Crippen LogP contribution is 2.28. The van der Waals surface area contributed by atoms with E-state index in [2.05, 4.69) is 37.8 Å². The van der Waals surface area contributed by atoms with Gasteiger partial charge in [-0.2, -0.15) is 0 Å². The quantitative estimate of drug-likeness (QED) is 0.573. The molecule has 3 heterocycles. The van der Waals surface area contributed by atoms with E-state index >= 15 is 0 Å². The van der Waals surface area contributed by atoms with Crippen molar-refractivity contribution in [2.75, 3.05) is 18.4 Å². The number of carbonyl (C=O) groups is 1. The van der Waals surface area contributed by atoms with Crippen molar-refractivity contribution in [3.8, 4) is 0 Å². The predicted molar refractivity (Wildman–Crippen MR) is 105 cm³/mol. The van der Waals surface area contributed by atoms with Crippen molar-refractivity contribution >= 4 is 39.4 Å². The molecule has 1 fully saturated rings. The summed E-state index contributed by atoms with van der Waals surface area (Å²) in [6.07, 6.45) is 3.80. The van der Waals surface area contributed by atoms with Gasteiger partial charge in [0.2, 0.25) is 0 Å². The average Bonchev–Trinajstić information content (AvgIpc) is 3.12. The third-order valence-corrected chi connectivity index (χ3v) is 5.30. The molecule has 0 unspecified atom stereocenters. The summed E-state index contributed by atoms with van der Waals surface area (Å²) in [5.41, 5.74) is 1.72. The molecule has 130 valence electrons. The minimum absolute atomic E-state index is 0.0608. The van der Waals surface area contributed by atoms with Crippen molar-refractivity contribution in [2.45, 2.75) is 24.8 Å². The lowest BCUT2D eigenvalue weighted by Gasteiger charge is -2.16. The first kappa shape index (κ1) is 17.9. The first-order valence-corrected chi connectivity index (χ1v) is 9.66. The molecular weight excluding hydrogens is 400 g/mol. The van der Waals surface area contributed by atoms with E-state index in [4.69, 9.17) is 0 Å². The Bertz CT molecular complexity index is 805. The molecule has 2 aromatic rings. The zero-order chi connectivity index (χ0) is 17.8. The number of nitrogens with one attached hydrogen (secondary N) is 1. The summed E-state index contributed by atoms with van der Waals surface area (Å²) in [7, 11) is 0.